The molecular formula is C22H21ClN2O5. The van der Waals surface area contributed by atoms with Gasteiger partial charge in [0.05, 0.1) is 19.4 Å². The normalized spacial score (nSPS) is 15.4. The minimum Gasteiger partial charge on any atom is -0.497 e. The Morgan fingerprint density at radius 1 is 1.13 bits per heavy atom. The average molecular weight is 429 g/mol. The number of imide groups is 2. The summed E-state index contributed by atoms with van der Waals surface area (Å²) in [6, 6.07) is 9.08. The van der Waals surface area contributed by atoms with Crippen LogP contribution in [0, 0.1) is 6.92 Å². The molecule has 0 aromatic heterocycles. The Morgan fingerprint density at radius 3 is 2.60 bits per heavy atom. The first kappa shape index (κ1) is 21.4. The highest BCUT2D eigenvalue weighted by Crippen LogP contribution is 2.30. The van der Waals surface area contributed by atoms with Gasteiger partial charge < -0.3 is 9.47 Å². The van der Waals surface area contributed by atoms with Crippen LogP contribution in [-0.4, -0.2) is 31.6 Å². The van der Waals surface area contributed by atoms with Gasteiger partial charge in [0.15, 0.2) is 0 Å². The van der Waals surface area contributed by atoms with Gasteiger partial charge in [0.25, 0.3) is 11.8 Å². The van der Waals surface area contributed by atoms with E-state index in [4.69, 9.17) is 21.1 Å². The summed E-state index contributed by atoms with van der Waals surface area (Å²) in [5, 5.41) is 2.58. The van der Waals surface area contributed by atoms with Crippen LogP contribution in [0.3, 0.4) is 0 Å². The van der Waals surface area contributed by atoms with Crippen molar-refractivity contribution in [2.45, 2.75) is 20.3 Å². The number of carbonyl (C=O) groups excluding carboxylic acids is 3. The fourth-order valence-corrected chi connectivity index (χ4v) is 3.12. The summed E-state index contributed by atoms with van der Waals surface area (Å²) in [6.45, 7) is 4.16. The predicted molar refractivity (Wildman–Crippen MR) is 114 cm³/mol. The highest BCUT2D eigenvalue weighted by Gasteiger charge is 2.37. The maximum Gasteiger partial charge on any atom is 0.335 e. The van der Waals surface area contributed by atoms with E-state index in [-0.39, 0.29) is 5.57 Å². The molecule has 1 aliphatic heterocycles. The van der Waals surface area contributed by atoms with E-state index in [1.54, 1.807) is 37.3 Å². The molecule has 0 unspecified atom stereocenters. The van der Waals surface area contributed by atoms with Gasteiger partial charge in [-0.05, 0) is 49.2 Å². The summed E-state index contributed by atoms with van der Waals surface area (Å²) in [5.41, 5.74) is 1.29. The molecule has 0 atom stereocenters. The molecule has 30 heavy (non-hydrogen) atoms. The van der Waals surface area contributed by atoms with Crippen molar-refractivity contribution in [2.75, 3.05) is 18.6 Å². The molecule has 0 spiro atoms. The van der Waals surface area contributed by atoms with Crippen molar-refractivity contribution < 1.29 is 23.9 Å². The van der Waals surface area contributed by atoms with Crippen molar-refractivity contribution in [1.82, 2.24) is 5.32 Å². The molecule has 2 aromatic carbocycles. The van der Waals surface area contributed by atoms with Crippen molar-refractivity contribution in [3.63, 3.8) is 0 Å². The number of hydrogen-bond acceptors (Lipinski definition) is 5. The molecule has 0 radical (unpaired) electrons. The van der Waals surface area contributed by atoms with E-state index in [0.717, 1.165) is 11.3 Å². The van der Waals surface area contributed by atoms with Gasteiger partial charge in [-0.2, -0.15) is 0 Å². The van der Waals surface area contributed by atoms with Gasteiger partial charge in [-0.15, -0.1) is 0 Å². The minimum absolute atomic E-state index is 0.194. The summed E-state index contributed by atoms with van der Waals surface area (Å²) < 4.78 is 11.0. The van der Waals surface area contributed by atoms with Gasteiger partial charge in [-0.25, -0.2) is 9.69 Å². The van der Waals surface area contributed by atoms with Crippen LogP contribution in [0.1, 0.15) is 24.5 Å². The van der Waals surface area contributed by atoms with E-state index in [9.17, 15) is 14.4 Å². The van der Waals surface area contributed by atoms with E-state index < -0.39 is 17.8 Å². The van der Waals surface area contributed by atoms with Gasteiger partial charge in [-0.3, -0.25) is 14.9 Å². The summed E-state index contributed by atoms with van der Waals surface area (Å²) in [4.78, 5) is 38.9. The number of barbiturate groups is 1. The van der Waals surface area contributed by atoms with Crippen molar-refractivity contribution in [2.24, 2.45) is 0 Å². The fourth-order valence-electron chi connectivity index (χ4n) is 2.95. The first-order valence-corrected chi connectivity index (χ1v) is 9.72. The van der Waals surface area contributed by atoms with Crippen LogP contribution >= 0.6 is 11.6 Å². The van der Waals surface area contributed by atoms with Crippen molar-refractivity contribution >= 4 is 41.2 Å². The quantitative estimate of drug-likeness (QED) is 0.552. The number of hydrogen-bond donors (Lipinski definition) is 1. The van der Waals surface area contributed by atoms with Crippen LogP contribution in [0.25, 0.3) is 6.08 Å². The van der Waals surface area contributed by atoms with E-state index in [0.29, 0.717) is 39.9 Å². The van der Waals surface area contributed by atoms with Crippen molar-refractivity contribution in [3.05, 3.63) is 58.1 Å². The maximum atomic E-state index is 13.1. The van der Waals surface area contributed by atoms with Crippen LogP contribution in [0.4, 0.5) is 10.5 Å². The summed E-state index contributed by atoms with van der Waals surface area (Å²) in [6.07, 6.45) is 2.18. The highest BCUT2D eigenvalue weighted by molar-refractivity contribution is 6.39. The van der Waals surface area contributed by atoms with E-state index in [1.807, 2.05) is 6.92 Å². The summed E-state index contributed by atoms with van der Waals surface area (Å²) >= 11 is 6.04. The Labute approximate surface area is 179 Å². The molecule has 4 amide bonds. The monoisotopic (exact) mass is 428 g/mol. The van der Waals surface area contributed by atoms with Crippen molar-refractivity contribution in [3.8, 4) is 11.5 Å². The fraction of sp³-hybridized carbons (Fsp3) is 0.227. The highest BCUT2D eigenvalue weighted by atomic mass is 35.5. The van der Waals surface area contributed by atoms with Crippen LogP contribution < -0.4 is 19.7 Å². The number of nitrogens with zero attached hydrogens (tertiary/aromatic N) is 1. The number of carbonyl (C=O) groups is 3. The Kier molecular flexibility index (Phi) is 6.42. The number of amides is 4. The molecule has 2 aromatic rings. The topological polar surface area (TPSA) is 84.9 Å². The molecule has 3 rings (SSSR count). The first-order chi connectivity index (χ1) is 14.3. The number of rotatable bonds is 6. The number of anilines is 1. The Hall–Kier alpha value is -3.32. The molecule has 1 saturated heterocycles. The number of benzene rings is 2. The SMILES string of the molecule is CCCOc1cc(OC)ccc1/C=C1\C(=O)NC(=O)N(c2cc(Cl)ccc2C)C1=O. The molecule has 156 valence electrons. The van der Waals surface area contributed by atoms with Gasteiger partial charge in [0.2, 0.25) is 0 Å². The van der Waals surface area contributed by atoms with Gasteiger partial charge in [-0.1, -0.05) is 24.6 Å². The van der Waals surface area contributed by atoms with Crippen LogP contribution in [0.2, 0.25) is 5.02 Å². The van der Waals surface area contributed by atoms with Crippen molar-refractivity contribution in [1.29, 1.82) is 0 Å². The molecule has 8 heteroatoms. The number of urea groups is 1. The largest absolute Gasteiger partial charge is 0.497 e. The molecule has 0 bridgehead atoms. The van der Waals surface area contributed by atoms with E-state index >= 15 is 0 Å². The standard InChI is InChI=1S/C22H21ClN2O5/c1-4-9-30-19-12-16(29-3)8-6-14(19)10-17-20(26)24-22(28)25(21(17)27)18-11-15(23)7-5-13(18)2/h5-8,10-12H,4,9H2,1-3H3,(H,24,26,28)/b17-10+. The zero-order valence-corrected chi connectivity index (χ0v) is 17.6. The van der Waals surface area contributed by atoms with E-state index in [2.05, 4.69) is 5.32 Å². The molecule has 1 N–H and O–H groups in total. The molecule has 0 saturated carbocycles. The van der Waals surface area contributed by atoms with Gasteiger partial charge in [0.1, 0.15) is 17.1 Å². The number of halogens is 1. The summed E-state index contributed by atoms with van der Waals surface area (Å²) in [5.74, 6) is -0.481. The minimum atomic E-state index is -0.829. The maximum absolute atomic E-state index is 13.1. The lowest BCUT2D eigenvalue weighted by Crippen LogP contribution is -2.54. The van der Waals surface area contributed by atoms with Gasteiger partial charge in [0, 0.05) is 16.7 Å². The summed E-state index contributed by atoms with van der Waals surface area (Å²) in [7, 11) is 1.53. The third-order valence-corrected chi connectivity index (χ3v) is 4.73. The van der Waals surface area contributed by atoms with Crippen LogP contribution in [-0.2, 0) is 9.59 Å². The molecule has 1 fully saturated rings. The van der Waals surface area contributed by atoms with Gasteiger partial charge >= 0.3 is 6.03 Å². The number of methoxy groups -OCH3 is 1. The second-order valence-corrected chi connectivity index (χ2v) is 7.08. The predicted octanol–water partition coefficient (Wildman–Crippen LogP) is 4.11. The molecular weight excluding hydrogens is 408 g/mol. The average Bonchev–Trinajstić information content (AvgIpc) is 2.72. The number of aryl methyl sites for hydroxylation is 1. The third-order valence-electron chi connectivity index (χ3n) is 4.50. The Morgan fingerprint density at radius 2 is 1.90 bits per heavy atom. The molecule has 7 nitrogen and oxygen atoms in total. The van der Waals surface area contributed by atoms with E-state index in [1.165, 1.54) is 19.3 Å². The number of nitrogens with one attached hydrogen (secondary N) is 1. The Balaban J connectivity index is 2.06. The lowest BCUT2D eigenvalue weighted by atomic mass is 10.0. The lowest BCUT2D eigenvalue weighted by Gasteiger charge is -2.27. The number of ether oxygens (including phenoxy) is 2. The van der Waals surface area contributed by atoms with Crippen LogP contribution in [0.15, 0.2) is 42.0 Å². The van der Waals surface area contributed by atoms with Crippen LogP contribution in [0.5, 0.6) is 11.5 Å². The third kappa shape index (κ3) is 4.31. The second-order valence-electron chi connectivity index (χ2n) is 6.64. The molecule has 0 aliphatic carbocycles. The molecule has 1 aliphatic rings. The molecule has 1 heterocycles. The zero-order valence-electron chi connectivity index (χ0n) is 16.8. The first-order valence-electron chi connectivity index (χ1n) is 9.34. The second kappa shape index (κ2) is 9.00. The zero-order chi connectivity index (χ0) is 21.8. The Bertz CT molecular complexity index is 1050. The smallest absolute Gasteiger partial charge is 0.335 e. The lowest BCUT2D eigenvalue weighted by molar-refractivity contribution is -0.122.